The zero-order valence-corrected chi connectivity index (χ0v) is 15.5. The first-order chi connectivity index (χ1) is 13.6. The fourth-order valence-electron chi connectivity index (χ4n) is 3.26. The number of anilines is 1. The summed E-state index contributed by atoms with van der Waals surface area (Å²) in [5.74, 6) is -0.244. The van der Waals surface area contributed by atoms with E-state index < -0.39 is 0 Å². The van der Waals surface area contributed by atoms with Gasteiger partial charge in [0.1, 0.15) is 0 Å². The molecule has 0 radical (unpaired) electrons. The number of pyridine rings is 2. The van der Waals surface area contributed by atoms with E-state index in [9.17, 15) is 4.79 Å². The van der Waals surface area contributed by atoms with Crippen molar-refractivity contribution >= 4 is 22.5 Å². The highest BCUT2D eigenvalue weighted by Gasteiger charge is 2.21. The van der Waals surface area contributed by atoms with E-state index in [1.54, 1.807) is 6.20 Å². The second kappa shape index (κ2) is 7.48. The van der Waals surface area contributed by atoms with Crippen LogP contribution in [0.15, 0.2) is 79.0 Å². The summed E-state index contributed by atoms with van der Waals surface area (Å²) in [6.07, 6.45) is 1.71. The Morgan fingerprint density at radius 3 is 2.43 bits per heavy atom. The average molecular weight is 368 g/mol. The minimum atomic E-state index is -0.250. The van der Waals surface area contributed by atoms with Crippen LogP contribution in [0, 0.1) is 0 Å². The van der Waals surface area contributed by atoms with Crippen molar-refractivity contribution in [3.8, 4) is 11.3 Å². The number of nitrogens with zero attached hydrogens (tertiary/aromatic N) is 2. The molecule has 2 heterocycles. The maximum atomic E-state index is 13.2. The number of carbonyl (C=O) groups is 1. The molecule has 3 N–H and O–H groups in total. The number of para-hydroxylation sites is 1. The van der Waals surface area contributed by atoms with Crippen LogP contribution in [-0.2, 0) is 0 Å². The summed E-state index contributed by atoms with van der Waals surface area (Å²) in [7, 11) is 0. The summed E-state index contributed by atoms with van der Waals surface area (Å²) in [4.78, 5) is 22.2. The summed E-state index contributed by atoms with van der Waals surface area (Å²) in [5.41, 5.74) is 10.3. The van der Waals surface area contributed by atoms with Crippen molar-refractivity contribution in [1.82, 2.24) is 15.3 Å². The number of nitrogens with one attached hydrogen (secondary N) is 1. The Kier molecular flexibility index (Phi) is 4.72. The molecule has 0 bridgehead atoms. The molecule has 0 aliphatic heterocycles. The summed E-state index contributed by atoms with van der Waals surface area (Å²) < 4.78 is 0. The van der Waals surface area contributed by atoms with Crippen molar-refractivity contribution in [2.24, 2.45) is 0 Å². The highest BCUT2D eigenvalue weighted by atomic mass is 16.1. The monoisotopic (exact) mass is 368 g/mol. The number of nitrogen functional groups attached to an aromatic ring is 1. The predicted molar refractivity (Wildman–Crippen MR) is 112 cm³/mol. The molecule has 2 aromatic carbocycles. The zero-order chi connectivity index (χ0) is 19.5. The molecule has 0 saturated carbocycles. The Hall–Kier alpha value is -3.73. The Morgan fingerprint density at radius 1 is 0.964 bits per heavy atom. The lowest BCUT2D eigenvalue weighted by Gasteiger charge is -2.17. The fourth-order valence-corrected chi connectivity index (χ4v) is 3.26. The van der Waals surface area contributed by atoms with Crippen molar-refractivity contribution in [3.05, 3.63) is 90.3 Å². The highest BCUT2D eigenvalue weighted by molar-refractivity contribution is 6.12. The second-order valence-electron chi connectivity index (χ2n) is 6.58. The molecule has 0 aliphatic carbocycles. The van der Waals surface area contributed by atoms with E-state index in [2.05, 4.69) is 10.3 Å². The lowest BCUT2D eigenvalue weighted by molar-refractivity contribution is 0.0941. The first kappa shape index (κ1) is 17.7. The largest absolute Gasteiger partial charge is 0.396 e. The lowest BCUT2D eigenvalue weighted by atomic mass is 10.0. The minimum absolute atomic E-state index is 0.244. The van der Waals surface area contributed by atoms with Crippen molar-refractivity contribution < 1.29 is 4.79 Å². The SMILES string of the molecule is CC(NC(=O)c1c(N)c(-c2ccccc2)nc2ccccc12)c1ccccn1. The molecule has 0 spiro atoms. The molecule has 1 unspecified atom stereocenters. The van der Waals surface area contributed by atoms with Crippen molar-refractivity contribution in [3.63, 3.8) is 0 Å². The van der Waals surface area contributed by atoms with Crippen LogP contribution >= 0.6 is 0 Å². The first-order valence-corrected chi connectivity index (χ1v) is 9.10. The van der Waals surface area contributed by atoms with Gasteiger partial charge in [-0.15, -0.1) is 0 Å². The molecule has 1 atom stereocenters. The van der Waals surface area contributed by atoms with Gasteiger partial charge in [-0.1, -0.05) is 54.6 Å². The molecule has 138 valence electrons. The number of nitrogens with two attached hydrogens (primary N) is 1. The number of fused-ring (bicyclic) bond motifs is 1. The van der Waals surface area contributed by atoms with Gasteiger partial charge >= 0.3 is 0 Å². The van der Waals surface area contributed by atoms with Crippen LogP contribution in [-0.4, -0.2) is 15.9 Å². The van der Waals surface area contributed by atoms with Crippen LogP contribution in [0.1, 0.15) is 29.0 Å². The molecule has 28 heavy (non-hydrogen) atoms. The van der Waals surface area contributed by atoms with Gasteiger partial charge in [-0.25, -0.2) is 4.98 Å². The summed E-state index contributed by atoms with van der Waals surface area (Å²) >= 11 is 0. The van der Waals surface area contributed by atoms with Gasteiger partial charge in [0.05, 0.1) is 34.2 Å². The molecule has 0 aliphatic rings. The molecular weight excluding hydrogens is 348 g/mol. The van der Waals surface area contributed by atoms with Gasteiger partial charge in [0, 0.05) is 17.1 Å². The molecule has 5 nitrogen and oxygen atoms in total. The van der Waals surface area contributed by atoms with Crippen LogP contribution in [0.2, 0.25) is 0 Å². The maximum Gasteiger partial charge on any atom is 0.254 e. The average Bonchev–Trinajstić information content (AvgIpc) is 2.74. The molecule has 4 rings (SSSR count). The van der Waals surface area contributed by atoms with Crippen LogP contribution in [0.3, 0.4) is 0 Å². The molecular formula is C23H20N4O. The van der Waals surface area contributed by atoms with E-state index >= 15 is 0 Å². The molecule has 5 heteroatoms. The van der Waals surface area contributed by atoms with E-state index in [0.717, 1.165) is 22.2 Å². The minimum Gasteiger partial charge on any atom is -0.396 e. The Morgan fingerprint density at radius 2 is 1.68 bits per heavy atom. The van der Waals surface area contributed by atoms with E-state index in [0.29, 0.717) is 16.9 Å². The predicted octanol–water partition coefficient (Wildman–Crippen LogP) is 4.37. The number of benzene rings is 2. The van der Waals surface area contributed by atoms with E-state index in [-0.39, 0.29) is 11.9 Å². The molecule has 2 aromatic heterocycles. The Labute approximate surface area is 163 Å². The van der Waals surface area contributed by atoms with Gasteiger partial charge in [-0.05, 0) is 25.1 Å². The fraction of sp³-hybridized carbons (Fsp3) is 0.0870. The van der Waals surface area contributed by atoms with Gasteiger partial charge in [-0.3, -0.25) is 9.78 Å². The summed E-state index contributed by atoms with van der Waals surface area (Å²) in [5, 5.41) is 3.74. The van der Waals surface area contributed by atoms with Gasteiger partial charge < -0.3 is 11.1 Å². The van der Waals surface area contributed by atoms with Crippen molar-refractivity contribution in [2.45, 2.75) is 13.0 Å². The smallest absolute Gasteiger partial charge is 0.254 e. The third-order valence-corrected chi connectivity index (χ3v) is 4.68. The van der Waals surface area contributed by atoms with Crippen LogP contribution in [0.4, 0.5) is 5.69 Å². The topological polar surface area (TPSA) is 80.9 Å². The number of rotatable bonds is 4. The number of aromatic nitrogens is 2. The van der Waals surface area contributed by atoms with Gasteiger partial charge in [0.15, 0.2) is 0 Å². The zero-order valence-electron chi connectivity index (χ0n) is 15.5. The Balaban J connectivity index is 1.81. The van der Waals surface area contributed by atoms with Crippen LogP contribution in [0.25, 0.3) is 22.2 Å². The summed E-state index contributed by atoms with van der Waals surface area (Å²) in [6, 6.07) is 22.6. The standard InChI is InChI=1S/C23H20N4O/c1-15(18-12-7-8-14-25-18)26-23(28)20-17-11-5-6-13-19(17)27-22(21(20)24)16-9-3-2-4-10-16/h2-15H,24H2,1H3,(H,26,28). The van der Waals surface area contributed by atoms with Crippen molar-refractivity contribution in [2.75, 3.05) is 5.73 Å². The van der Waals surface area contributed by atoms with E-state index in [1.807, 2.05) is 79.7 Å². The first-order valence-electron chi connectivity index (χ1n) is 9.10. The lowest BCUT2D eigenvalue weighted by Crippen LogP contribution is -2.28. The molecule has 1 amide bonds. The van der Waals surface area contributed by atoms with Gasteiger partial charge in [-0.2, -0.15) is 0 Å². The highest BCUT2D eigenvalue weighted by Crippen LogP contribution is 2.32. The van der Waals surface area contributed by atoms with E-state index in [4.69, 9.17) is 10.7 Å². The van der Waals surface area contributed by atoms with Crippen LogP contribution < -0.4 is 11.1 Å². The van der Waals surface area contributed by atoms with Crippen molar-refractivity contribution in [1.29, 1.82) is 0 Å². The third kappa shape index (κ3) is 3.30. The normalized spacial score (nSPS) is 11.9. The van der Waals surface area contributed by atoms with E-state index in [1.165, 1.54) is 0 Å². The van der Waals surface area contributed by atoms with Gasteiger partial charge in [0.2, 0.25) is 0 Å². The quantitative estimate of drug-likeness (QED) is 0.560. The number of carbonyl (C=O) groups excluding carboxylic acids is 1. The molecule has 4 aromatic rings. The van der Waals surface area contributed by atoms with Gasteiger partial charge in [0.25, 0.3) is 5.91 Å². The maximum absolute atomic E-state index is 13.2. The number of hydrogen-bond donors (Lipinski definition) is 2. The Bertz CT molecular complexity index is 1130. The second-order valence-corrected chi connectivity index (χ2v) is 6.58. The van der Waals surface area contributed by atoms with Crippen LogP contribution in [0.5, 0.6) is 0 Å². The molecule has 0 fully saturated rings. The third-order valence-electron chi connectivity index (χ3n) is 4.68. The number of amides is 1. The summed E-state index contributed by atoms with van der Waals surface area (Å²) in [6.45, 7) is 1.90. The number of hydrogen-bond acceptors (Lipinski definition) is 4. The molecule has 0 saturated heterocycles.